The smallest absolute Gasteiger partial charge is 0.237 e. The molecule has 5 heteroatoms. The molecule has 1 aliphatic rings. The van der Waals surface area contributed by atoms with Crippen molar-refractivity contribution < 1.29 is 9.90 Å². The Kier molecular flexibility index (Phi) is 5.76. The zero-order valence-electron chi connectivity index (χ0n) is 10.7. The van der Waals surface area contributed by atoms with Crippen LogP contribution in [0.3, 0.4) is 0 Å². The van der Waals surface area contributed by atoms with Crippen LogP contribution in [-0.4, -0.2) is 40.2 Å². The van der Waals surface area contributed by atoms with Crippen molar-refractivity contribution in [1.82, 2.24) is 5.32 Å². The standard InChI is InChI=1S/C12H24N2O2S/c1-3-14-12(11(13)16)6-4-10(8-12)17-9(2)5-7-15/h9-10,14-15H,3-8H2,1-2H3,(H2,13,16). The van der Waals surface area contributed by atoms with Crippen LogP contribution in [0.15, 0.2) is 0 Å². The van der Waals surface area contributed by atoms with E-state index in [4.69, 9.17) is 10.8 Å². The number of carbonyl (C=O) groups excluding carboxylic acids is 1. The predicted octanol–water partition coefficient (Wildman–Crippen LogP) is 0.877. The van der Waals surface area contributed by atoms with Gasteiger partial charge in [-0.25, -0.2) is 0 Å². The molecule has 0 aromatic carbocycles. The second kappa shape index (κ2) is 6.61. The van der Waals surface area contributed by atoms with Gasteiger partial charge < -0.3 is 16.2 Å². The van der Waals surface area contributed by atoms with Crippen LogP contribution < -0.4 is 11.1 Å². The van der Waals surface area contributed by atoms with E-state index in [0.29, 0.717) is 10.5 Å². The molecule has 17 heavy (non-hydrogen) atoms. The molecular weight excluding hydrogens is 236 g/mol. The number of aliphatic hydroxyl groups is 1. The molecule has 0 radical (unpaired) electrons. The average Bonchev–Trinajstić information content (AvgIpc) is 2.63. The van der Waals surface area contributed by atoms with Crippen molar-refractivity contribution in [1.29, 1.82) is 0 Å². The summed E-state index contributed by atoms with van der Waals surface area (Å²) in [6, 6.07) is 0. The number of aliphatic hydroxyl groups excluding tert-OH is 1. The maximum atomic E-state index is 11.6. The molecule has 4 N–H and O–H groups in total. The lowest BCUT2D eigenvalue weighted by molar-refractivity contribution is -0.124. The third-order valence-corrected chi connectivity index (χ3v) is 4.90. The van der Waals surface area contributed by atoms with E-state index in [9.17, 15) is 4.79 Å². The van der Waals surface area contributed by atoms with Crippen molar-refractivity contribution in [3.8, 4) is 0 Å². The van der Waals surface area contributed by atoms with E-state index in [2.05, 4.69) is 12.2 Å². The maximum Gasteiger partial charge on any atom is 0.237 e. The third-order valence-electron chi connectivity index (χ3n) is 3.42. The van der Waals surface area contributed by atoms with Crippen LogP contribution in [-0.2, 0) is 4.79 Å². The SMILES string of the molecule is CCNC1(C(N)=O)CCC(SC(C)CCO)C1. The highest BCUT2D eigenvalue weighted by Crippen LogP contribution is 2.39. The molecule has 1 amide bonds. The molecule has 100 valence electrons. The molecule has 0 aliphatic heterocycles. The molecule has 1 rings (SSSR count). The van der Waals surface area contributed by atoms with Gasteiger partial charge in [-0.3, -0.25) is 4.79 Å². The topological polar surface area (TPSA) is 75.3 Å². The highest BCUT2D eigenvalue weighted by molar-refractivity contribution is 8.00. The number of likely N-dealkylation sites (N-methyl/N-ethyl adjacent to an activating group) is 1. The molecule has 0 saturated heterocycles. The molecule has 3 unspecified atom stereocenters. The Hall–Kier alpha value is -0.260. The van der Waals surface area contributed by atoms with Crippen molar-refractivity contribution in [3.05, 3.63) is 0 Å². The first kappa shape index (κ1) is 14.8. The summed E-state index contributed by atoms with van der Waals surface area (Å²) in [4.78, 5) is 11.6. The molecule has 0 spiro atoms. The average molecular weight is 260 g/mol. The summed E-state index contributed by atoms with van der Waals surface area (Å²) in [6.07, 6.45) is 3.48. The molecule has 4 nitrogen and oxygen atoms in total. The first-order chi connectivity index (χ1) is 8.04. The lowest BCUT2D eigenvalue weighted by Gasteiger charge is -2.27. The van der Waals surface area contributed by atoms with Crippen LogP contribution in [0.4, 0.5) is 0 Å². The summed E-state index contributed by atoms with van der Waals surface area (Å²) in [6.45, 7) is 5.12. The Labute approximate surface area is 108 Å². The first-order valence-electron chi connectivity index (χ1n) is 6.35. The van der Waals surface area contributed by atoms with Gasteiger partial charge in [0.1, 0.15) is 0 Å². The molecule has 0 heterocycles. The summed E-state index contributed by atoms with van der Waals surface area (Å²) >= 11 is 1.87. The highest BCUT2D eigenvalue weighted by atomic mass is 32.2. The van der Waals surface area contributed by atoms with Crippen LogP contribution in [0.2, 0.25) is 0 Å². The number of nitrogens with one attached hydrogen (secondary N) is 1. The number of amides is 1. The second-order valence-corrected chi connectivity index (χ2v) is 6.54. The molecule has 1 saturated carbocycles. The maximum absolute atomic E-state index is 11.6. The van der Waals surface area contributed by atoms with Gasteiger partial charge in [0, 0.05) is 17.1 Å². The van der Waals surface area contributed by atoms with E-state index in [1.54, 1.807) is 0 Å². The number of rotatable bonds is 7. The number of nitrogens with two attached hydrogens (primary N) is 1. The molecule has 1 fully saturated rings. The largest absolute Gasteiger partial charge is 0.396 e. The fraction of sp³-hybridized carbons (Fsp3) is 0.917. The minimum absolute atomic E-state index is 0.225. The molecule has 3 atom stereocenters. The van der Waals surface area contributed by atoms with E-state index in [0.717, 1.165) is 32.2 Å². The van der Waals surface area contributed by atoms with Gasteiger partial charge in [-0.2, -0.15) is 11.8 Å². The van der Waals surface area contributed by atoms with E-state index in [1.165, 1.54) is 0 Å². The van der Waals surface area contributed by atoms with Crippen LogP contribution in [0, 0.1) is 0 Å². The number of hydrogen-bond donors (Lipinski definition) is 3. The van der Waals surface area contributed by atoms with Crippen molar-refractivity contribution in [2.24, 2.45) is 5.73 Å². The highest BCUT2D eigenvalue weighted by Gasteiger charge is 2.43. The summed E-state index contributed by atoms with van der Waals surface area (Å²) < 4.78 is 0. The first-order valence-corrected chi connectivity index (χ1v) is 7.29. The number of carbonyl (C=O) groups is 1. The van der Waals surface area contributed by atoms with Gasteiger partial charge in [-0.15, -0.1) is 0 Å². The zero-order valence-corrected chi connectivity index (χ0v) is 11.6. The fourth-order valence-electron chi connectivity index (χ4n) is 2.50. The van der Waals surface area contributed by atoms with E-state index >= 15 is 0 Å². The van der Waals surface area contributed by atoms with Crippen LogP contribution in [0.5, 0.6) is 0 Å². The monoisotopic (exact) mass is 260 g/mol. The number of hydrogen-bond acceptors (Lipinski definition) is 4. The Morgan fingerprint density at radius 1 is 1.71 bits per heavy atom. The van der Waals surface area contributed by atoms with Crippen LogP contribution in [0.1, 0.15) is 39.5 Å². The predicted molar refractivity (Wildman–Crippen MR) is 72.0 cm³/mol. The molecule has 0 aromatic rings. The van der Waals surface area contributed by atoms with Crippen molar-refractivity contribution in [3.63, 3.8) is 0 Å². The quantitative estimate of drug-likeness (QED) is 0.635. The van der Waals surface area contributed by atoms with Crippen molar-refractivity contribution >= 4 is 17.7 Å². The van der Waals surface area contributed by atoms with Gasteiger partial charge in [0.05, 0.1) is 5.54 Å². The summed E-state index contributed by atoms with van der Waals surface area (Å²) in [5, 5.41) is 13.1. The minimum atomic E-state index is -0.495. The lowest BCUT2D eigenvalue weighted by atomic mass is 9.97. The van der Waals surface area contributed by atoms with E-state index in [1.807, 2.05) is 18.7 Å². The molecule has 0 aromatic heterocycles. The van der Waals surface area contributed by atoms with Crippen LogP contribution >= 0.6 is 11.8 Å². The van der Waals surface area contributed by atoms with Crippen molar-refractivity contribution in [2.75, 3.05) is 13.2 Å². The Morgan fingerprint density at radius 2 is 2.41 bits per heavy atom. The van der Waals surface area contributed by atoms with E-state index < -0.39 is 5.54 Å². The summed E-state index contributed by atoms with van der Waals surface area (Å²) in [7, 11) is 0. The zero-order chi connectivity index (χ0) is 12.9. The third kappa shape index (κ3) is 3.86. The summed E-state index contributed by atoms with van der Waals surface area (Å²) in [5.74, 6) is -0.225. The normalized spacial score (nSPS) is 30.4. The van der Waals surface area contributed by atoms with Crippen molar-refractivity contribution in [2.45, 2.75) is 55.6 Å². The van der Waals surface area contributed by atoms with Gasteiger partial charge in [0.2, 0.25) is 5.91 Å². The fourth-order valence-corrected chi connectivity index (χ4v) is 4.04. The van der Waals surface area contributed by atoms with Gasteiger partial charge >= 0.3 is 0 Å². The van der Waals surface area contributed by atoms with Gasteiger partial charge in [-0.05, 0) is 32.2 Å². The Morgan fingerprint density at radius 3 is 2.94 bits per heavy atom. The number of thioether (sulfide) groups is 1. The van der Waals surface area contributed by atoms with Gasteiger partial charge in [0.15, 0.2) is 0 Å². The van der Waals surface area contributed by atoms with Crippen LogP contribution in [0.25, 0.3) is 0 Å². The minimum Gasteiger partial charge on any atom is -0.396 e. The molecule has 1 aliphatic carbocycles. The molecular formula is C12H24N2O2S. The van der Waals surface area contributed by atoms with Gasteiger partial charge in [0.25, 0.3) is 0 Å². The van der Waals surface area contributed by atoms with Gasteiger partial charge in [-0.1, -0.05) is 13.8 Å². The number of primary amides is 1. The second-order valence-electron chi connectivity index (χ2n) is 4.80. The Bertz CT molecular complexity index is 263. The Balaban J connectivity index is 2.51. The van der Waals surface area contributed by atoms with E-state index in [-0.39, 0.29) is 12.5 Å². The lowest BCUT2D eigenvalue weighted by Crippen LogP contribution is -2.53. The summed E-state index contributed by atoms with van der Waals surface area (Å²) in [5.41, 5.74) is 5.03. The molecule has 0 bridgehead atoms.